The number of halogens is 3. The number of anilines is 1. The van der Waals surface area contributed by atoms with Gasteiger partial charge in [0.1, 0.15) is 12.4 Å². The van der Waals surface area contributed by atoms with Gasteiger partial charge in [0.15, 0.2) is 0 Å². The highest BCUT2D eigenvalue weighted by molar-refractivity contribution is 5.95. The average molecular weight is 511 g/mol. The lowest BCUT2D eigenvalue weighted by molar-refractivity contribution is -0.192. The molecule has 36 heavy (non-hydrogen) atoms. The van der Waals surface area contributed by atoms with Gasteiger partial charge in [-0.3, -0.25) is 29.4 Å². The van der Waals surface area contributed by atoms with E-state index < -0.39 is 29.7 Å². The van der Waals surface area contributed by atoms with Crippen molar-refractivity contribution >= 4 is 29.6 Å². The molecule has 6 N–H and O–H groups in total. The standard InChI is InChI=1S/C19H19N5O5.C2HF3O2/c20-17(21)12-1-4-14(5-2-12)24-9-8-23(19(24)28)11-15(25)22-18-13(7-10-29-18)3-6-16(26)27;3-2(4,5)1(6)7/h1-2,4-5,7-10H,3,6,11H2,(H3,20,21)(H,22,25)(H,26,27);(H,6,7). The number of carboxylic acid groups (broad SMARTS) is 2. The van der Waals surface area contributed by atoms with Crippen LogP contribution in [-0.2, 0) is 27.3 Å². The van der Waals surface area contributed by atoms with Crippen LogP contribution in [0.1, 0.15) is 17.5 Å². The number of alkyl halides is 3. The first-order chi connectivity index (χ1) is 16.8. The number of hydrogen-bond acceptors (Lipinski definition) is 6. The number of aliphatic carboxylic acids is 2. The average Bonchev–Trinajstić information content (AvgIpc) is 3.38. The number of nitrogens with one attached hydrogen (secondary N) is 2. The Morgan fingerprint density at radius 3 is 2.22 bits per heavy atom. The number of amides is 1. The maximum absolute atomic E-state index is 12.6. The van der Waals surface area contributed by atoms with E-state index in [2.05, 4.69) is 5.32 Å². The summed E-state index contributed by atoms with van der Waals surface area (Å²) in [6.07, 6.45) is -0.584. The van der Waals surface area contributed by atoms with Crippen LogP contribution in [0.3, 0.4) is 0 Å². The highest BCUT2D eigenvalue weighted by Crippen LogP contribution is 2.18. The van der Waals surface area contributed by atoms with Crippen LogP contribution >= 0.6 is 0 Å². The van der Waals surface area contributed by atoms with Crippen molar-refractivity contribution < 1.29 is 42.2 Å². The van der Waals surface area contributed by atoms with Crippen molar-refractivity contribution in [3.05, 3.63) is 70.6 Å². The van der Waals surface area contributed by atoms with E-state index in [1.807, 2.05) is 0 Å². The molecule has 192 valence electrons. The number of nitrogens with zero attached hydrogens (tertiary/aromatic N) is 2. The first kappa shape index (κ1) is 27.4. The van der Waals surface area contributed by atoms with Gasteiger partial charge in [-0.05, 0) is 36.8 Å². The third-order valence-corrected chi connectivity index (χ3v) is 4.47. The third-order valence-electron chi connectivity index (χ3n) is 4.47. The molecule has 2 aromatic heterocycles. The maximum atomic E-state index is 12.6. The Balaban J connectivity index is 0.000000572. The second-order valence-electron chi connectivity index (χ2n) is 7.06. The molecule has 0 saturated carbocycles. The molecule has 0 spiro atoms. The number of imidazole rings is 1. The SMILES string of the molecule is N=C(N)c1ccc(-n2ccn(CC(=O)Nc3occc3CCC(=O)O)c2=O)cc1.O=C(O)C(F)(F)F. The Bertz CT molecular complexity index is 1310. The van der Waals surface area contributed by atoms with Gasteiger partial charge in [0.2, 0.25) is 11.8 Å². The van der Waals surface area contributed by atoms with Crippen molar-refractivity contribution in [2.75, 3.05) is 5.32 Å². The molecule has 0 atom stereocenters. The molecular formula is C21H20F3N5O7. The van der Waals surface area contributed by atoms with E-state index >= 15 is 0 Å². The molecule has 1 amide bonds. The summed E-state index contributed by atoms with van der Waals surface area (Å²) in [6, 6.07) is 8.15. The first-order valence-corrected chi connectivity index (χ1v) is 9.90. The lowest BCUT2D eigenvalue weighted by Gasteiger charge is -2.06. The summed E-state index contributed by atoms with van der Waals surface area (Å²) in [6.45, 7) is -0.240. The normalized spacial score (nSPS) is 10.8. The fourth-order valence-corrected chi connectivity index (χ4v) is 2.74. The molecule has 0 fully saturated rings. The fourth-order valence-electron chi connectivity index (χ4n) is 2.74. The van der Waals surface area contributed by atoms with Crippen LogP contribution in [0.4, 0.5) is 19.1 Å². The number of rotatable bonds is 8. The monoisotopic (exact) mass is 511 g/mol. The topological polar surface area (TPSA) is 194 Å². The molecule has 2 heterocycles. The van der Waals surface area contributed by atoms with Gasteiger partial charge in [0, 0.05) is 29.9 Å². The van der Waals surface area contributed by atoms with Gasteiger partial charge in [-0.2, -0.15) is 13.2 Å². The smallest absolute Gasteiger partial charge is 0.481 e. The van der Waals surface area contributed by atoms with E-state index in [4.69, 9.17) is 30.6 Å². The summed E-state index contributed by atoms with van der Waals surface area (Å²) in [5, 5.41) is 25.9. The number of aromatic nitrogens is 2. The molecule has 3 aromatic rings. The number of furan rings is 1. The first-order valence-electron chi connectivity index (χ1n) is 9.90. The van der Waals surface area contributed by atoms with Crippen LogP contribution in [-0.4, -0.2) is 49.2 Å². The van der Waals surface area contributed by atoms with Crippen LogP contribution in [0.25, 0.3) is 5.69 Å². The summed E-state index contributed by atoms with van der Waals surface area (Å²) < 4.78 is 39.5. The molecule has 0 aliphatic heterocycles. The summed E-state index contributed by atoms with van der Waals surface area (Å²) in [5.41, 5.74) is 6.68. The van der Waals surface area contributed by atoms with E-state index in [-0.39, 0.29) is 31.1 Å². The van der Waals surface area contributed by atoms with Crippen LogP contribution < -0.4 is 16.7 Å². The van der Waals surface area contributed by atoms with Crippen molar-refractivity contribution in [1.82, 2.24) is 9.13 Å². The Morgan fingerprint density at radius 1 is 1.08 bits per heavy atom. The van der Waals surface area contributed by atoms with Crippen molar-refractivity contribution in [3.8, 4) is 5.69 Å². The fraction of sp³-hybridized carbons (Fsp3) is 0.190. The van der Waals surface area contributed by atoms with Gasteiger partial charge < -0.3 is 20.4 Å². The van der Waals surface area contributed by atoms with Crippen molar-refractivity contribution in [2.24, 2.45) is 5.73 Å². The minimum atomic E-state index is -5.08. The van der Waals surface area contributed by atoms with Crippen molar-refractivity contribution in [1.29, 1.82) is 5.41 Å². The molecule has 12 nitrogen and oxygen atoms in total. The molecule has 0 aliphatic rings. The minimum Gasteiger partial charge on any atom is -0.481 e. The predicted molar refractivity (Wildman–Crippen MR) is 118 cm³/mol. The van der Waals surface area contributed by atoms with Crippen LogP contribution in [0.15, 0.2) is 58.2 Å². The van der Waals surface area contributed by atoms with Crippen molar-refractivity contribution in [3.63, 3.8) is 0 Å². The van der Waals surface area contributed by atoms with Crippen LogP contribution in [0.2, 0.25) is 0 Å². The predicted octanol–water partition coefficient (Wildman–Crippen LogP) is 1.81. The molecule has 0 unspecified atom stereocenters. The largest absolute Gasteiger partial charge is 0.490 e. The molecule has 0 bridgehead atoms. The third kappa shape index (κ3) is 7.61. The van der Waals surface area contributed by atoms with E-state index in [9.17, 15) is 27.6 Å². The summed E-state index contributed by atoms with van der Waals surface area (Å²) in [5.74, 6) is -4.09. The summed E-state index contributed by atoms with van der Waals surface area (Å²) in [7, 11) is 0. The molecule has 15 heteroatoms. The van der Waals surface area contributed by atoms with Gasteiger partial charge in [-0.25, -0.2) is 9.59 Å². The van der Waals surface area contributed by atoms with Crippen LogP contribution in [0.5, 0.6) is 0 Å². The van der Waals surface area contributed by atoms with E-state index in [0.29, 0.717) is 16.8 Å². The van der Waals surface area contributed by atoms with Gasteiger partial charge in [0.05, 0.1) is 12.0 Å². The van der Waals surface area contributed by atoms with Crippen LogP contribution in [0, 0.1) is 5.41 Å². The Kier molecular flexibility index (Phi) is 8.79. The number of nitrogens with two attached hydrogens (primary N) is 1. The molecular weight excluding hydrogens is 491 g/mol. The second kappa shape index (κ2) is 11.5. The zero-order chi connectivity index (χ0) is 27.0. The van der Waals surface area contributed by atoms with E-state index in [1.54, 1.807) is 30.3 Å². The number of benzene rings is 1. The maximum Gasteiger partial charge on any atom is 0.490 e. The van der Waals surface area contributed by atoms with Gasteiger partial charge in [0.25, 0.3) is 0 Å². The zero-order valence-electron chi connectivity index (χ0n) is 18.3. The highest BCUT2D eigenvalue weighted by Gasteiger charge is 2.38. The lowest BCUT2D eigenvalue weighted by Crippen LogP contribution is -2.28. The second-order valence-corrected chi connectivity index (χ2v) is 7.06. The number of amidine groups is 1. The zero-order valence-corrected chi connectivity index (χ0v) is 18.3. The number of hydrogen-bond donors (Lipinski definition) is 5. The lowest BCUT2D eigenvalue weighted by atomic mass is 10.2. The molecule has 0 saturated heterocycles. The van der Waals surface area contributed by atoms with Crippen molar-refractivity contribution in [2.45, 2.75) is 25.6 Å². The van der Waals surface area contributed by atoms with Gasteiger partial charge in [-0.15, -0.1) is 0 Å². The minimum absolute atomic E-state index is 0.0706. The van der Waals surface area contributed by atoms with Gasteiger partial charge >= 0.3 is 23.8 Å². The number of nitrogen functional groups attached to an aromatic ring is 1. The quantitative estimate of drug-likeness (QED) is 0.223. The summed E-state index contributed by atoms with van der Waals surface area (Å²) >= 11 is 0. The van der Waals surface area contributed by atoms with E-state index in [0.717, 1.165) is 0 Å². The number of aryl methyl sites for hydroxylation is 1. The van der Waals surface area contributed by atoms with Gasteiger partial charge in [-0.1, -0.05) is 0 Å². The molecule has 0 radical (unpaired) electrons. The Labute approximate surface area is 199 Å². The number of carbonyl (C=O) groups is 3. The Hall–Kier alpha value is -4.82. The molecule has 3 rings (SSSR count). The number of carboxylic acids is 2. The molecule has 0 aliphatic carbocycles. The number of carbonyl (C=O) groups excluding carboxylic acids is 1. The summed E-state index contributed by atoms with van der Waals surface area (Å²) in [4.78, 5) is 44.5. The Morgan fingerprint density at radius 2 is 1.69 bits per heavy atom. The van der Waals surface area contributed by atoms with E-state index in [1.165, 1.54) is 27.8 Å². The highest BCUT2D eigenvalue weighted by atomic mass is 19.4. The molecule has 1 aromatic carbocycles.